The third kappa shape index (κ3) is 2.14. The second-order valence-corrected chi connectivity index (χ2v) is 4.18. The molecule has 1 unspecified atom stereocenters. The summed E-state index contributed by atoms with van der Waals surface area (Å²) < 4.78 is 0. The van der Waals surface area contributed by atoms with E-state index in [4.69, 9.17) is 0 Å². The summed E-state index contributed by atoms with van der Waals surface area (Å²) in [6.45, 7) is 5.49. The average Bonchev–Trinajstić information content (AvgIpc) is 2.19. The number of nitrogens with zero attached hydrogens (tertiary/aromatic N) is 1. The molecule has 1 heterocycles. The Morgan fingerprint density at radius 2 is 2.00 bits per heavy atom. The highest BCUT2D eigenvalue weighted by molar-refractivity contribution is 5.24. The lowest BCUT2D eigenvalue weighted by atomic mass is 10.0. The fraction of sp³-hybridized carbons (Fsp3) is 0.500. The van der Waals surface area contributed by atoms with Crippen LogP contribution in [0.5, 0.6) is 0 Å². The molecular weight excluding hydrogens is 172 g/mol. The maximum absolute atomic E-state index is 3.54. The van der Waals surface area contributed by atoms with Crippen LogP contribution in [0.2, 0.25) is 0 Å². The summed E-state index contributed by atoms with van der Waals surface area (Å²) in [4.78, 5) is 2.38. The van der Waals surface area contributed by atoms with Crippen LogP contribution in [-0.2, 0) is 0 Å². The van der Waals surface area contributed by atoms with Crippen LogP contribution in [0.1, 0.15) is 17.2 Å². The van der Waals surface area contributed by atoms with Gasteiger partial charge in [-0.15, -0.1) is 0 Å². The van der Waals surface area contributed by atoms with Crippen molar-refractivity contribution in [3.05, 3.63) is 35.4 Å². The predicted octanol–water partition coefficient (Wildman–Crippen LogP) is 1.57. The molecule has 1 atom stereocenters. The normalized spacial score (nSPS) is 23.7. The van der Waals surface area contributed by atoms with Gasteiger partial charge in [0.15, 0.2) is 0 Å². The van der Waals surface area contributed by atoms with Gasteiger partial charge in [-0.2, -0.15) is 0 Å². The van der Waals surface area contributed by atoms with Crippen LogP contribution < -0.4 is 5.32 Å². The SMILES string of the molecule is Cc1ccc(C2CN(C)CCN2)cc1. The standard InChI is InChI=1S/C12H18N2/c1-10-3-5-11(6-4-10)12-9-14(2)8-7-13-12/h3-6,12-13H,7-9H2,1-2H3. The summed E-state index contributed by atoms with van der Waals surface area (Å²) in [5, 5.41) is 3.54. The summed E-state index contributed by atoms with van der Waals surface area (Å²) in [5.41, 5.74) is 2.74. The topological polar surface area (TPSA) is 15.3 Å². The van der Waals surface area contributed by atoms with Gasteiger partial charge in [0.25, 0.3) is 0 Å². The Morgan fingerprint density at radius 3 is 2.64 bits per heavy atom. The molecular formula is C12H18N2. The van der Waals surface area contributed by atoms with E-state index in [9.17, 15) is 0 Å². The quantitative estimate of drug-likeness (QED) is 0.723. The third-order valence-electron chi connectivity index (χ3n) is 2.86. The molecule has 0 bridgehead atoms. The van der Waals surface area contributed by atoms with Gasteiger partial charge in [0.1, 0.15) is 0 Å². The van der Waals surface area contributed by atoms with Crippen molar-refractivity contribution in [2.24, 2.45) is 0 Å². The summed E-state index contributed by atoms with van der Waals surface area (Å²) in [7, 11) is 2.18. The molecule has 1 N–H and O–H groups in total. The minimum Gasteiger partial charge on any atom is -0.308 e. The highest BCUT2D eigenvalue weighted by Crippen LogP contribution is 2.16. The van der Waals surface area contributed by atoms with E-state index in [2.05, 4.69) is 48.5 Å². The molecule has 0 aliphatic carbocycles. The minimum absolute atomic E-state index is 0.509. The number of benzene rings is 1. The number of hydrogen-bond donors (Lipinski definition) is 1. The fourth-order valence-corrected chi connectivity index (χ4v) is 1.92. The van der Waals surface area contributed by atoms with Crippen LogP contribution in [0.4, 0.5) is 0 Å². The number of aryl methyl sites for hydroxylation is 1. The van der Waals surface area contributed by atoms with Gasteiger partial charge in [0.2, 0.25) is 0 Å². The zero-order valence-corrected chi connectivity index (χ0v) is 8.96. The Kier molecular flexibility index (Phi) is 2.85. The van der Waals surface area contributed by atoms with Crippen LogP contribution in [0.25, 0.3) is 0 Å². The minimum atomic E-state index is 0.509. The monoisotopic (exact) mass is 190 g/mol. The maximum Gasteiger partial charge on any atom is 0.0449 e. The van der Waals surface area contributed by atoms with Crippen molar-refractivity contribution in [1.82, 2.24) is 10.2 Å². The first-order valence-electron chi connectivity index (χ1n) is 5.24. The summed E-state index contributed by atoms with van der Waals surface area (Å²) >= 11 is 0. The van der Waals surface area contributed by atoms with Crippen LogP contribution in [0, 0.1) is 6.92 Å². The first-order valence-corrected chi connectivity index (χ1v) is 5.24. The van der Waals surface area contributed by atoms with Gasteiger partial charge in [0, 0.05) is 25.7 Å². The molecule has 1 aliphatic rings. The first kappa shape index (κ1) is 9.69. The molecule has 2 nitrogen and oxygen atoms in total. The molecule has 1 fully saturated rings. The molecule has 0 saturated carbocycles. The van der Waals surface area contributed by atoms with Crippen molar-refractivity contribution in [1.29, 1.82) is 0 Å². The molecule has 0 aromatic heterocycles. The molecule has 2 heteroatoms. The molecule has 2 rings (SSSR count). The van der Waals surface area contributed by atoms with E-state index in [1.807, 2.05) is 0 Å². The van der Waals surface area contributed by atoms with Gasteiger partial charge in [0.05, 0.1) is 0 Å². The van der Waals surface area contributed by atoms with Crippen molar-refractivity contribution in [2.45, 2.75) is 13.0 Å². The molecule has 1 aliphatic heterocycles. The van der Waals surface area contributed by atoms with Gasteiger partial charge in [-0.1, -0.05) is 29.8 Å². The van der Waals surface area contributed by atoms with Crippen molar-refractivity contribution < 1.29 is 0 Å². The number of piperazine rings is 1. The van der Waals surface area contributed by atoms with E-state index in [1.165, 1.54) is 11.1 Å². The molecule has 0 spiro atoms. The van der Waals surface area contributed by atoms with Crippen LogP contribution in [-0.4, -0.2) is 31.6 Å². The van der Waals surface area contributed by atoms with E-state index >= 15 is 0 Å². The summed E-state index contributed by atoms with van der Waals surface area (Å²) in [6.07, 6.45) is 0. The molecule has 1 aromatic carbocycles. The predicted molar refractivity (Wildman–Crippen MR) is 59.4 cm³/mol. The summed E-state index contributed by atoms with van der Waals surface area (Å²) in [6, 6.07) is 9.34. The Bertz CT molecular complexity index is 292. The third-order valence-corrected chi connectivity index (χ3v) is 2.86. The van der Waals surface area contributed by atoms with Crippen molar-refractivity contribution in [2.75, 3.05) is 26.7 Å². The Morgan fingerprint density at radius 1 is 1.29 bits per heavy atom. The van der Waals surface area contributed by atoms with Gasteiger partial charge >= 0.3 is 0 Å². The van der Waals surface area contributed by atoms with Crippen LogP contribution in [0.15, 0.2) is 24.3 Å². The Labute approximate surface area is 85.9 Å². The van der Waals surface area contributed by atoms with Crippen molar-refractivity contribution in [3.8, 4) is 0 Å². The fourth-order valence-electron chi connectivity index (χ4n) is 1.92. The van der Waals surface area contributed by atoms with E-state index in [0.717, 1.165) is 19.6 Å². The van der Waals surface area contributed by atoms with Gasteiger partial charge < -0.3 is 10.2 Å². The molecule has 0 amide bonds. The second kappa shape index (κ2) is 4.11. The van der Waals surface area contributed by atoms with E-state index in [1.54, 1.807) is 0 Å². The molecule has 1 saturated heterocycles. The average molecular weight is 190 g/mol. The van der Waals surface area contributed by atoms with Gasteiger partial charge in [-0.3, -0.25) is 0 Å². The van der Waals surface area contributed by atoms with Crippen LogP contribution >= 0.6 is 0 Å². The molecule has 1 aromatic rings. The van der Waals surface area contributed by atoms with Crippen molar-refractivity contribution in [3.63, 3.8) is 0 Å². The zero-order valence-electron chi connectivity index (χ0n) is 8.96. The lowest BCUT2D eigenvalue weighted by molar-refractivity contribution is 0.241. The van der Waals surface area contributed by atoms with Gasteiger partial charge in [-0.25, -0.2) is 0 Å². The number of hydrogen-bond acceptors (Lipinski definition) is 2. The van der Waals surface area contributed by atoms with Gasteiger partial charge in [-0.05, 0) is 19.5 Å². The first-order chi connectivity index (χ1) is 6.75. The molecule has 14 heavy (non-hydrogen) atoms. The largest absolute Gasteiger partial charge is 0.308 e. The Balaban J connectivity index is 2.10. The Hall–Kier alpha value is -0.860. The maximum atomic E-state index is 3.54. The highest BCUT2D eigenvalue weighted by Gasteiger charge is 2.17. The summed E-state index contributed by atoms with van der Waals surface area (Å²) in [5.74, 6) is 0. The van der Waals surface area contributed by atoms with E-state index < -0.39 is 0 Å². The lowest BCUT2D eigenvalue weighted by Crippen LogP contribution is -2.43. The molecule has 0 radical (unpaired) electrons. The second-order valence-electron chi connectivity index (χ2n) is 4.18. The van der Waals surface area contributed by atoms with E-state index in [-0.39, 0.29) is 0 Å². The van der Waals surface area contributed by atoms with Crippen molar-refractivity contribution >= 4 is 0 Å². The number of likely N-dealkylation sites (N-methyl/N-ethyl adjacent to an activating group) is 1. The highest BCUT2D eigenvalue weighted by atomic mass is 15.2. The lowest BCUT2D eigenvalue weighted by Gasteiger charge is -2.31. The molecule has 76 valence electrons. The van der Waals surface area contributed by atoms with E-state index in [0.29, 0.717) is 6.04 Å². The van der Waals surface area contributed by atoms with Crippen LogP contribution in [0.3, 0.4) is 0 Å². The smallest absolute Gasteiger partial charge is 0.0449 e. The number of nitrogens with one attached hydrogen (secondary N) is 1. The number of rotatable bonds is 1. The zero-order chi connectivity index (χ0) is 9.97.